The van der Waals surface area contributed by atoms with Gasteiger partial charge in [-0.3, -0.25) is 0 Å². The highest BCUT2D eigenvalue weighted by molar-refractivity contribution is 5.47. The minimum absolute atomic E-state index is 0.0450. The van der Waals surface area contributed by atoms with E-state index < -0.39 is 0 Å². The van der Waals surface area contributed by atoms with Gasteiger partial charge in [-0.15, -0.1) is 0 Å². The molecule has 0 aliphatic rings. The Balaban J connectivity index is 1.99. The predicted octanol–water partition coefficient (Wildman–Crippen LogP) is 2.70. The molecular formula is C15H17N2. The highest BCUT2D eigenvalue weighted by atomic mass is 14.7. The van der Waals surface area contributed by atoms with E-state index in [0.29, 0.717) is 0 Å². The number of nitrogens with two attached hydrogens (primary N) is 2. The van der Waals surface area contributed by atoms with Crippen molar-refractivity contribution in [3.8, 4) is 0 Å². The van der Waals surface area contributed by atoms with Crippen molar-refractivity contribution in [1.29, 1.82) is 0 Å². The van der Waals surface area contributed by atoms with Crippen LogP contribution in [-0.4, -0.2) is 0 Å². The fraction of sp³-hybridized carbons (Fsp3) is 0.200. The average Bonchev–Trinajstić information content (AvgIpc) is 2.38. The summed E-state index contributed by atoms with van der Waals surface area (Å²) in [7, 11) is 0. The maximum atomic E-state index is 6.13. The molecule has 0 spiro atoms. The van der Waals surface area contributed by atoms with Gasteiger partial charge in [0.1, 0.15) is 0 Å². The first-order valence-corrected chi connectivity index (χ1v) is 5.83. The van der Waals surface area contributed by atoms with Crippen LogP contribution in [0.25, 0.3) is 0 Å². The highest BCUT2D eigenvalue weighted by Gasteiger charge is 2.09. The maximum absolute atomic E-state index is 6.13. The fourth-order valence-corrected chi connectivity index (χ4v) is 1.90. The molecule has 2 aromatic rings. The molecule has 0 aromatic heterocycles. The van der Waals surface area contributed by atoms with Crippen LogP contribution >= 0.6 is 0 Å². The molecule has 0 aliphatic heterocycles. The Kier molecular flexibility index (Phi) is 3.78. The molecule has 0 bridgehead atoms. The summed E-state index contributed by atoms with van der Waals surface area (Å²) in [6.07, 6.45) is 1.85. The van der Waals surface area contributed by atoms with E-state index >= 15 is 0 Å². The van der Waals surface area contributed by atoms with Crippen molar-refractivity contribution < 1.29 is 0 Å². The molecule has 2 aromatic carbocycles. The lowest BCUT2D eigenvalue weighted by Gasteiger charge is -2.13. The molecular weight excluding hydrogens is 208 g/mol. The fourth-order valence-electron chi connectivity index (χ4n) is 1.90. The largest absolute Gasteiger partial charge is 0.398 e. The molecule has 17 heavy (non-hydrogen) atoms. The molecule has 2 nitrogen and oxygen atoms in total. The SMILES string of the molecule is Nc1ccc[c]c1[C@@H](N)CCc1ccccc1. The second-order valence-electron chi connectivity index (χ2n) is 4.17. The quantitative estimate of drug-likeness (QED) is 0.786. The van der Waals surface area contributed by atoms with E-state index in [1.54, 1.807) is 0 Å². The molecule has 87 valence electrons. The van der Waals surface area contributed by atoms with Crippen LogP contribution in [-0.2, 0) is 6.42 Å². The zero-order valence-electron chi connectivity index (χ0n) is 9.77. The summed E-state index contributed by atoms with van der Waals surface area (Å²) < 4.78 is 0. The first kappa shape index (κ1) is 11.7. The summed E-state index contributed by atoms with van der Waals surface area (Å²) in [5.74, 6) is 0. The molecule has 2 heteroatoms. The van der Waals surface area contributed by atoms with Gasteiger partial charge in [0, 0.05) is 11.7 Å². The molecule has 0 saturated carbocycles. The van der Waals surface area contributed by atoms with Crippen molar-refractivity contribution in [3.63, 3.8) is 0 Å². The van der Waals surface area contributed by atoms with Crippen molar-refractivity contribution in [2.24, 2.45) is 5.73 Å². The minimum atomic E-state index is -0.0450. The molecule has 2 rings (SSSR count). The van der Waals surface area contributed by atoms with Crippen molar-refractivity contribution in [2.75, 3.05) is 5.73 Å². The molecule has 1 atom stereocenters. The Labute approximate surface area is 102 Å². The summed E-state index contributed by atoms with van der Waals surface area (Å²) in [4.78, 5) is 0. The normalized spacial score (nSPS) is 12.3. The van der Waals surface area contributed by atoms with Crippen LogP contribution in [0.5, 0.6) is 0 Å². The number of aryl methyl sites for hydroxylation is 1. The summed E-state index contributed by atoms with van der Waals surface area (Å²) in [5.41, 5.74) is 15.0. The number of anilines is 1. The van der Waals surface area contributed by atoms with Gasteiger partial charge in [0.15, 0.2) is 0 Å². The number of hydrogen-bond acceptors (Lipinski definition) is 2. The molecule has 0 fully saturated rings. The van der Waals surface area contributed by atoms with Gasteiger partial charge in [0.25, 0.3) is 0 Å². The van der Waals surface area contributed by atoms with Crippen LogP contribution in [0, 0.1) is 6.07 Å². The minimum Gasteiger partial charge on any atom is -0.398 e. The van der Waals surface area contributed by atoms with Gasteiger partial charge in [0.2, 0.25) is 0 Å². The smallest absolute Gasteiger partial charge is 0.0368 e. The standard InChI is InChI=1S/C15H17N2/c16-14-9-5-4-8-13(14)15(17)11-10-12-6-2-1-3-7-12/h1-7,9,15H,10-11,16-17H2/t15-/m0/s1. The third-order valence-corrected chi connectivity index (χ3v) is 2.88. The number of hydrogen-bond donors (Lipinski definition) is 2. The van der Waals surface area contributed by atoms with E-state index in [2.05, 4.69) is 18.2 Å². The van der Waals surface area contributed by atoms with Crippen molar-refractivity contribution in [1.82, 2.24) is 0 Å². The van der Waals surface area contributed by atoms with Crippen LogP contribution in [0.3, 0.4) is 0 Å². The van der Waals surface area contributed by atoms with Crippen LogP contribution in [0.15, 0.2) is 48.5 Å². The van der Waals surface area contributed by atoms with E-state index in [0.717, 1.165) is 24.1 Å². The van der Waals surface area contributed by atoms with Crippen LogP contribution in [0.1, 0.15) is 23.6 Å². The lowest BCUT2D eigenvalue weighted by Crippen LogP contribution is -2.13. The first-order chi connectivity index (χ1) is 8.27. The lowest BCUT2D eigenvalue weighted by atomic mass is 9.98. The van der Waals surface area contributed by atoms with E-state index in [-0.39, 0.29) is 6.04 Å². The number of nitrogen functional groups attached to an aromatic ring is 1. The zero-order chi connectivity index (χ0) is 12.1. The third kappa shape index (κ3) is 3.08. The molecule has 0 amide bonds. The molecule has 0 unspecified atom stereocenters. The molecule has 0 aliphatic carbocycles. The molecule has 4 N–H and O–H groups in total. The van der Waals surface area contributed by atoms with Gasteiger partial charge in [-0.1, -0.05) is 42.5 Å². The third-order valence-electron chi connectivity index (χ3n) is 2.88. The second kappa shape index (κ2) is 5.51. The van der Waals surface area contributed by atoms with E-state index in [4.69, 9.17) is 11.5 Å². The van der Waals surface area contributed by atoms with Crippen LogP contribution in [0.2, 0.25) is 0 Å². The Morgan fingerprint density at radius 1 is 1.06 bits per heavy atom. The van der Waals surface area contributed by atoms with Crippen molar-refractivity contribution >= 4 is 5.69 Å². The summed E-state index contributed by atoms with van der Waals surface area (Å²) in [6, 6.07) is 19.0. The Hall–Kier alpha value is -1.80. The Bertz CT molecular complexity index is 465. The van der Waals surface area contributed by atoms with Crippen LogP contribution in [0.4, 0.5) is 5.69 Å². The molecule has 0 heterocycles. The Morgan fingerprint density at radius 3 is 2.53 bits per heavy atom. The van der Waals surface area contributed by atoms with E-state index in [1.807, 2.05) is 36.4 Å². The maximum Gasteiger partial charge on any atom is 0.0368 e. The van der Waals surface area contributed by atoms with Crippen molar-refractivity contribution in [2.45, 2.75) is 18.9 Å². The van der Waals surface area contributed by atoms with Gasteiger partial charge in [-0.2, -0.15) is 0 Å². The molecule has 0 saturated heterocycles. The number of rotatable bonds is 4. The van der Waals surface area contributed by atoms with Gasteiger partial charge >= 0.3 is 0 Å². The lowest BCUT2D eigenvalue weighted by molar-refractivity contribution is 0.652. The van der Waals surface area contributed by atoms with E-state index in [1.165, 1.54) is 5.56 Å². The zero-order valence-corrected chi connectivity index (χ0v) is 9.77. The first-order valence-electron chi connectivity index (χ1n) is 5.83. The van der Waals surface area contributed by atoms with Gasteiger partial charge in [0.05, 0.1) is 0 Å². The average molecular weight is 225 g/mol. The topological polar surface area (TPSA) is 52.0 Å². The van der Waals surface area contributed by atoms with E-state index in [9.17, 15) is 0 Å². The monoisotopic (exact) mass is 225 g/mol. The highest BCUT2D eigenvalue weighted by Crippen LogP contribution is 2.21. The number of benzene rings is 2. The predicted molar refractivity (Wildman–Crippen MR) is 71.4 cm³/mol. The van der Waals surface area contributed by atoms with Gasteiger partial charge in [-0.25, -0.2) is 0 Å². The molecule has 1 radical (unpaired) electrons. The van der Waals surface area contributed by atoms with Gasteiger partial charge < -0.3 is 11.5 Å². The summed E-state index contributed by atoms with van der Waals surface area (Å²) in [5, 5.41) is 0. The summed E-state index contributed by atoms with van der Waals surface area (Å²) in [6.45, 7) is 0. The van der Waals surface area contributed by atoms with Crippen molar-refractivity contribution in [3.05, 3.63) is 65.7 Å². The summed E-state index contributed by atoms with van der Waals surface area (Å²) >= 11 is 0. The van der Waals surface area contributed by atoms with Gasteiger partial charge in [-0.05, 0) is 36.1 Å². The Morgan fingerprint density at radius 2 is 1.82 bits per heavy atom. The van der Waals surface area contributed by atoms with Crippen LogP contribution < -0.4 is 11.5 Å². The second-order valence-corrected chi connectivity index (χ2v) is 4.17.